The molecule has 130 valence electrons. The molecule has 25 heavy (non-hydrogen) atoms. The van der Waals surface area contributed by atoms with Crippen LogP contribution < -0.4 is 16.4 Å². The van der Waals surface area contributed by atoms with Gasteiger partial charge in [0, 0.05) is 18.7 Å². The molecule has 3 rings (SSSR count). The monoisotopic (exact) mass is 338 g/mol. The van der Waals surface area contributed by atoms with E-state index in [9.17, 15) is 4.39 Å². The molecule has 2 aromatic rings. The SMILES string of the molecule is CC(NC1=CC=NC(N)(CCc2ccc(F)cc2)N1)c1ccccc1. The third-order valence-corrected chi connectivity index (χ3v) is 4.28. The topological polar surface area (TPSA) is 62.4 Å². The predicted octanol–water partition coefficient (Wildman–Crippen LogP) is 3.24. The van der Waals surface area contributed by atoms with Gasteiger partial charge in [0.05, 0.1) is 0 Å². The van der Waals surface area contributed by atoms with Crippen molar-refractivity contribution in [2.45, 2.75) is 31.6 Å². The van der Waals surface area contributed by atoms with Gasteiger partial charge in [-0.15, -0.1) is 0 Å². The van der Waals surface area contributed by atoms with Crippen LogP contribution in [0.25, 0.3) is 0 Å². The lowest BCUT2D eigenvalue weighted by atomic mass is 10.1. The van der Waals surface area contributed by atoms with E-state index in [1.165, 1.54) is 17.7 Å². The lowest BCUT2D eigenvalue weighted by molar-refractivity contribution is 0.338. The molecule has 1 heterocycles. The second-order valence-corrected chi connectivity index (χ2v) is 6.31. The number of nitrogens with one attached hydrogen (secondary N) is 2. The van der Waals surface area contributed by atoms with Crippen LogP contribution in [0.15, 0.2) is 71.5 Å². The first kappa shape index (κ1) is 17.2. The van der Waals surface area contributed by atoms with Gasteiger partial charge in [-0.05, 0) is 42.7 Å². The standard InChI is InChI=1S/C20H23FN4/c1-15(17-5-3-2-4-6-17)24-19-12-14-23-20(22,25-19)13-11-16-7-9-18(21)10-8-16/h2-10,12,14-15,24-25H,11,13,22H2,1H3. The number of benzene rings is 2. The van der Waals surface area contributed by atoms with Crippen molar-refractivity contribution in [1.29, 1.82) is 0 Å². The summed E-state index contributed by atoms with van der Waals surface area (Å²) < 4.78 is 13.0. The van der Waals surface area contributed by atoms with E-state index in [1.54, 1.807) is 18.3 Å². The smallest absolute Gasteiger partial charge is 0.183 e. The summed E-state index contributed by atoms with van der Waals surface area (Å²) in [4.78, 5) is 4.38. The summed E-state index contributed by atoms with van der Waals surface area (Å²) in [5.41, 5.74) is 8.61. The lowest BCUT2D eigenvalue weighted by Crippen LogP contribution is -2.55. The minimum atomic E-state index is -0.873. The summed E-state index contributed by atoms with van der Waals surface area (Å²) in [6.45, 7) is 2.10. The van der Waals surface area contributed by atoms with E-state index in [-0.39, 0.29) is 11.9 Å². The number of allylic oxidation sites excluding steroid dienone is 1. The zero-order valence-corrected chi connectivity index (χ0v) is 14.2. The highest BCUT2D eigenvalue weighted by Gasteiger charge is 2.26. The molecule has 4 nitrogen and oxygen atoms in total. The Kier molecular flexibility index (Phi) is 5.14. The highest BCUT2D eigenvalue weighted by atomic mass is 19.1. The molecule has 0 aliphatic carbocycles. The van der Waals surface area contributed by atoms with E-state index < -0.39 is 5.79 Å². The molecule has 0 spiro atoms. The van der Waals surface area contributed by atoms with Gasteiger partial charge in [-0.3, -0.25) is 10.7 Å². The molecule has 0 bridgehead atoms. The van der Waals surface area contributed by atoms with Crippen LogP contribution in [-0.2, 0) is 6.42 Å². The van der Waals surface area contributed by atoms with E-state index >= 15 is 0 Å². The van der Waals surface area contributed by atoms with Gasteiger partial charge in [-0.2, -0.15) is 0 Å². The molecule has 0 aromatic heterocycles. The van der Waals surface area contributed by atoms with E-state index in [4.69, 9.17) is 5.73 Å². The molecule has 1 aliphatic rings. The summed E-state index contributed by atoms with van der Waals surface area (Å²) in [6.07, 6.45) is 4.92. The Balaban J connectivity index is 1.59. The molecule has 0 radical (unpaired) electrons. The fourth-order valence-electron chi connectivity index (χ4n) is 2.81. The molecule has 1 aliphatic heterocycles. The Bertz CT molecular complexity index is 755. The fourth-order valence-corrected chi connectivity index (χ4v) is 2.81. The number of hydrogen-bond acceptors (Lipinski definition) is 4. The molecule has 0 saturated carbocycles. The number of aliphatic imine (C=N–C) groups is 1. The lowest BCUT2D eigenvalue weighted by Gasteiger charge is -2.32. The maximum atomic E-state index is 13.0. The Morgan fingerprint density at radius 1 is 1.16 bits per heavy atom. The van der Waals surface area contributed by atoms with Crippen molar-refractivity contribution in [2.24, 2.45) is 10.7 Å². The van der Waals surface area contributed by atoms with Gasteiger partial charge in [0.25, 0.3) is 0 Å². The summed E-state index contributed by atoms with van der Waals surface area (Å²) >= 11 is 0. The van der Waals surface area contributed by atoms with Crippen molar-refractivity contribution in [1.82, 2.24) is 10.6 Å². The highest BCUT2D eigenvalue weighted by Crippen LogP contribution is 2.17. The summed E-state index contributed by atoms with van der Waals surface area (Å²) in [5.74, 6) is -0.265. The van der Waals surface area contributed by atoms with Gasteiger partial charge >= 0.3 is 0 Å². The average Bonchev–Trinajstić information content (AvgIpc) is 2.62. The van der Waals surface area contributed by atoms with Crippen molar-refractivity contribution >= 4 is 6.21 Å². The van der Waals surface area contributed by atoms with Crippen molar-refractivity contribution in [3.05, 3.63) is 83.4 Å². The Morgan fingerprint density at radius 2 is 1.88 bits per heavy atom. The van der Waals surface area contributed by atoms with Crippen LogP contribution in [0.5, 0.6) is 0 Å². The van der Waals surface area contributed by atoms with Gasteiger partial charge in [-0.1, -0.05) is 42.5 Å². The number of aryl methyl sites for hydroxylation is 1. The maximum absolute atomic E-state index is 13.0. The van der Waals surface area contributed by atoms with Crippen molar-refractivity contribution < 1.29 is 4.39 Å². The number of hydrogen-bond donors (Lipinski definition) is 3. The van der Waals surface area contributed by atoms with Gasteiger partial charge in [0.15, 0.2) is 5.79 Å². The van der Waals surface area contributed by atoms with Gasteiger partial charge in [0.1, 0.15) is 11.6 Å². The molecule has 0 saturated heterocycles. The normalized spacial score (nSPS) is 20.5. The number of nitrogens with two attached hydrogens (primary N) is 1. The van der Waals surface area contributed by atoms with E-state index in [0.717, 1.165) is 11.4 Å². The first-order valence-corrected chi connectivity index (χ1v) is 8.43. The van der Waals surface area contributed by atoms with E-state index in [0.29, 0.717) is 12.8 Å². The quantitative estimate of drug-likeness (QED) is 0.758. The first-order chi connectivity index (χ1) is 12.0. The fraction of sp³-hybridized carbons (Fsp3) is 0.250. The summed E-state index contributed by atoms with van der Waals surface area (Å²) in [7, 11) is 0. The van der Waals surface area contributed by atoms with Crippen molar-refractivity contribution in [3.63, 3.8) is 0 Å². The summed E-state index contributed by atoms with van der Waals surface area (Å²) in [5, 5.41) is 6.69. The van der Waals surface area contributed by atoms with Crippen LogP contribution in [0.4, 0.5) is 4.39 Å². The van der Waals surface area contributed by atoms with Crippen molar-refractivity contribution in [2.75, 3.05) is 0 Å². The zero-order chi connectivity index (χ0) is 17.7. The van der Waals surface area contributed by atoms with Crippen LogP contribution in [-0.4, -0.2) is 12.0 Å². The van der Waals surface area contributed by atoms with Gasteiger partial charge < -0.3 is 10.6 Å². The molecular weight excluding hydrogens is 315 g/mol. The van der Waals surface area contributed by atoms with Crippen LogP contribution >= 0.6 is 0 Å². The molecule has 2 aromatic carbocycles. The van der Waals surface area contributed by atoms with Gasteiger partial charge in [0.2, 0.25) is 0 Å². The zero-order valence-electron chi connectivity index (χ0n) is 14.2. The second kappa shape index (κ2) is 7.49. The minimum Gasteiger partial charge on any atom is -0.365 e. The molecule has 5 heteroatoms. The third kappa shape index (κ3) is 4.67. The predicted molar refractivity (Wildman–Crippen MR) is 99.3 cm³/mol. The van der Waals surface area contributed by atoms with Crippen LogP contribution in [0, 0.1) is 5.82 Å². The molecular formula is C20H23FN4. The Labute approximate surface area is 147 Å². The maximum Gasteiger partial charge on any atom is 0.183 e. The third-order valence-electron chi connectivity index (χ3n) is 4.28. The molecule has 0 fully saturated rings. The molecule has 2 unspecified atom stereocenters. The Morgan fingerprint density at radius 3 is 2.60 bits per heavy atom. The Hall–Kier alpha value is -2.66. The average molecular weight is 338 g/mol. The van der Waals surface area contributed by atoms with Crippen LogP contribution in [0.1, 0.15) is 30.5 Å². The highest BCUT2D eigenvalue weighted by molar-refractivity contribution is 5.73. The van der Waals surface area contributed by atoms with E-state index in [2.05, 4.69) is 34.7 Å². The summed E-state index contributed by atoms with van der Waals surface area (Å²) in [6, 6.07) is 16.8. The largest absolute Gasteiger partial charge is 0.365 e. The second-order valence-electron chi connectivity index (χ2n) is 6.31. The number of nitrogens with zero attached hydrogens (tertiary/aromatic N) is 1. The van der Waals surface area contributed by atoms with Crippen LogP contribution in [0.2, 0.25) is 0 Å². The van der Waals surface area contributed by atoms with Gasteiger partial charge in [-0.25, -0.2) is 4.39 Å². The molecule has 4 N–H and O–H groups in total. The number of rotatable bonds is 6. The van der Waals surface area contributed by atoms with Crippen molar-refractivity contribution in [3.8, 4) is 0 Å². The molecule has 0 amide bonds. The number of halogens is 1. The van der Waals surface area contributed by atoms with E-state index in [1.807, 2.05) is 24.3 Å². The minimum absolute atomic E-state index is 0.146. The molecule has 2 atom stereocenters. The van der Waals surface area contributed by atoms with Crippen LogP contribution in [0.3, 0.4) is 0 Å². The first-order valence-electron chi connectivity index (χ1n) is 8.43.